The highest BCUT2D eigenvalue weighted by Gasteiger charge is 2.12. The summed E-state index contributed by atoms with van der Waals surface area (Å²) in [6.07, 6.45) is 0. The third kappa shape index (κ3) is 2.18. The summed E-state index contributed by atoms with van der Waals surface area (Å²) in [6.45, 7) is 0. The van der Waals surface area contributed by atoms with Gasteiger partial charge in [0, 0.05) is 10.9 Å². The van der Waals surface area contributed by atoms with Crippen LogP contribution in [0.2, 0.25) is 0 Å². The fourth-order valence-electron chi connectivity index (χ4n) is 2.23. The molecule has 0 aliphatic rings. The molecule has 4 rings (SSSR count). The van der Waals surface area contributed by atoms with Crippen LogP contribution in [0.25, 0.3) is 33.9 Å². The van der Waals surface area contributed by atoms with Crippen molar-refractivity contribution in [2.45, 2.75) is 0 Å². The van der Waals surface area contributed by atoms with Crippen LogP contribution in [0.5, 0.6) is 5.75 Å². The van der Waals surface area contributed by atoms with Gasteiger partial charge in [-0.25, -0.2) is 4.98 Å². The number of nitrogens with zero attached hydrogens (tertiary/aromatic N) is 3. The van der Waals surface area contributed by atoms with Gasteiger partial charge in [-0.2, -0.15) is 0 Å². The first kappa shape index (κ1) is 12.5. The standard InChI is InChI=1S/C17H11N3O2/c21-13-8-5-12(6-9-13)16-19-20-17(22-16)15-10-7-11-3-1-2-4-14(11)18-15/h1-10,21H. The molecule has 0 atom stereocenters. The van der Waals surface area contributed by atoms with Crippen molar-refractivity contribution in [2.75, 3.05) is 0 Å². The Hall–Kier alpha value is -3.21. The molecule has 0 saturated heterocycles. The summed E-state index contributed by atoms with van der Waals surface area (Å²) in [6, 6.07) is 18.3. The van der Waals surface area contributed by atoms with Gasteiger partial charge >= 0.3 is 0 Å². The van der Waals surface area contributed by atoms with Crippen LogP contribution < -0.4 is 0 Å². The van der Waals surface area contributed by atoms with Gasteiger partial charge in [-0.1, -0.05) is 24.3 Å². The van der Waals surface area contributed by atoms with Crippen LogP contribution in [0, 0.1) is 0 Å². The number of phenolic OH excluding ortho intramolecular Hbond substituents is 1. The van der Waals surface area contributed by atoms with Gasteiger partial charge in [0.25, 0.3) is 5.89 Å². The SMILES string of the molecule is Oc1ccc(-c2nnc(-c3ccc4ccccc4n3)o2)cc1. The summed E-state index contributed by atoms with van der Waals surface area (Å²) in [5.74, 6) is 0.957. The van der Waals surface area contributed by atoms with E-state index in [2.05, 4.69) is 15.2 Å². The predicted molar refractivity (Wildman–Crippen MR) is 82.1 cm³/mol. The molecule has 0 bridgehead atoms. The number of pyridine rings is 1. The van der Waals surface area contributed by atoms with Crippen molar-refractivity contribution in [2.24, 2.45) is 0 Å². The molecule has 0 unspecified atom stereocenters. The molecule has 22 heavy (non-hydrogen) atoms. The van der Waals surface area contributed by atoms with E-state index in [0.29, 0.717) is 17.5 Å². The van der Waals surface area contributed by atoms with Gasteiger partial charge in [-0.3, -0.25) is 0 Å². The van der Waals surface area contributed by atoms with Crippen molar-refractivity contribution in [1.82, 2.24) is 15.2 Å². The van der Waals surface area contributed by atoms with Gasteiger partial charge in [0.1, 0.15) is 11.4 Å². The van der Waals surface area contributed by atoms with Gasteiger partial charge < -0.3 is 9.52 Å². The van der Waals surface area contributed by atoms with Crippen LogP contribution in [0.1, 0.15) is 0 Å². The lowest BCUT2D eigenvalue weighted by Crippen LogP contribution is -1.84. The van der Waals surface area contributed by atoms with E-state index < -0.39 is 0 Å². The molecule has 2 aromatic carbocycles. The van der Waals surface area contributed by atoms with Crippen LogP contribution in [0.15, 0.2) is 65.1 Å². The van der Waals surface area contributed by atoms with Crippen molar-refractivity contribution in [1.29, 1.82) is 0 Å². The van der Waals surface area contributed by atoms with Gasteiger partial charge in [0.05, 0.1) is 5.52 Å². The minimum Gasteiger partial charge on any atom is -0.508 e. The number of rotatable bonds is 2. The van der Waals surface area contributed by atoms with E-state index in [9.17, 15) is 5.11 Å². The Labute approximate surface area is 125 Å². The molecule has 0 spiro atoms. The second-order valence-electron chi connectivity index (χ2n) is 4.85. The van der Waals surface area contributed by atoms with Gasteiger partial charge in [-0.05, 0) is 36.4 Å². The number of para-hydroxylation sites is 1. The Bertz CT molecular complexity index is 945. The van der Waals surface area contributed by atoms with Gasteiger partial charge in [0.15, 0.2) is 0 Å². The molecule has 5 heteroatoms. The van der Waals surface area contributed by atoms with Crippen LogP contribution in [0.3, 0.4) is 0 Å². The van der Waals surface area contributed by atoms with E-state index in [0.717, 1.165) is 16.5 Å². The molecule has 1 N–H and O–H groups in total. The average Bonchev–Trinajstić information content (AvgIpc) is 3.05. The zero-order chi connectivity index (χ0) is 14.9. The molecule has 0 aliphatic heterocycles. The largest absolute Gasteiger partial charge is 0.508 e. The normalized spacial score (nSPS) is 10.9. The predicted octanol–water partition coefficient (Wildman–Crippen LogP) is 3.66. The second kappa shape index (κ2) is 4.96. The Morgan fingerprint density at radius 1 is 0.773 bits per heavy atom. The quantitative estimate of drug-likeness (QED) is 0.609. The summed E-state index contributed by atoms with van der Waals surface area (Å²) >= 11 is 0. The maximum Gasteiger partial charge on any atom is 0.266 e. The number of hydrogen-bond donors (Lipinski definition) is 1. The first-order chi connectivity index (χ1) is 10.8. The van der Waals surface area contributed by atoms with E-state index >= 15 is 0 Å². The third-order valence-electron chi connectivity index (χ3n) is 3.36. The molecular weight excluding hydrogens is 278 g/mol. The number of phenols is 1. The summed E-state index contributed by atoms with van der Waals surface area (Å²) in [5, 5.41) is 18.5. The maximum atomic E-state index is 9.31. The van der Waals surface area contributed by atoms with E-state index in [1.165, 1.54) is 0 Å². The Morgan fingerprint density at radius 2 is 1.55 bits per heavy atom. The molecule has 0 aliphatic carbocycles. The average molecular weight is 289 g/mol. The smallest absolute Gasteiger partial charge is 0.266 e. The van der Waals surface area contributed by atoms with Crippen molar-refractivity contribution >= 4 is 10.9 Å². The molecule has 0 radical (unpaired) electrons. The minimum absolute atomic E-state index is 0.194. The highest BCUT2D eigenvalue weighted by atomic mass is 16.4. The van der Waals surface area contributed by atoms with Gasteiger partial charge in [0.2, 0.25) is 5.89 Å². The molecular formula is C17H11N3O2. The van der Waals surface area contributed by atoms with E-state index in [-0.39, 0.29) is 5.75 Å². The molecule has 0 saturated carbocycles. The molecule has 2 heterocycles. The maximum absolute atomic E-state index is 9.31. The Balaban J connectivity index is 1.74. The topological polar surface area (TPSA) is 72.0 Å². The fraction of sp³-hybridized carbons (Fsp3) is 0. The van der Waals surface area contributed by atoms with Gasteiger partial charge in [-0.15, -0.1) is 10.2 Å². The van der Waals surface area contributed by atoms with E-state index in [1.807, 2.05) is 36.4 Å². The molecule has 0 amide bonds. The van der Waals surface area contributed by atoms with Crippen molar-refractivity contribution in [3.05, 3.63) is 60.7 Å². The number of fused-ring (bicyclic) bond motifs is 1. The molecule has 0 fully saturated rings. The Morgan fingerprint density at radius 3 is 2.41 bits per heavy atom. The molecule has 106 valence electrons. The van der Waals surface area contributed by atoms with Crippen molar-refractivity contribution in [3.8, 4) is 28.8 Å². The monoisotopic (exact) mass is 289 g/mol. The zero-order valence-electron chi connectivity index (χ0n) is 11.5. The summed E-state index contributed by atoms with van der Waals surface area (Å²) < 4.78 is 5.68. The second-order valence-corrected chi connectivity index (χ2v) is 4.85. The summed E-state index contributed by atoms with van der Waals surface area (Å²) in [4.78, 5) is 4.53. The number of benzene rings is 2. The third-order valence-corrected chi connectivity index (χ3v) is 3.36. The first-order valence-electron chi connectivity index (χ1n) is 6.79. The number of hydrogen-bond acceptors (Lipinski definition) is 5. The van der Waals surface area contributed by atoms with Crippen LogP contribution >= 0.6 is 0 Å². The van der Waals surface area contributed by atoms with Crippen molar-refractivity contribution in [3.63, 3.8) is 0 Å². The zero-order valence-corrected chi connectivity index (χ0v) is 11.5. The highest BCUT2D eigenvalue weighted by molar-refractivity contribution is 5.80. The molecule has 4 aromatic rings. The molecule has 2 aromatic heterocycles. The van der Waals surface area contributed by atoms with E-state index in [1.54, 1.807) is 24.3 Å². The summed E-state index contributed by atoms with van der Waals surface area (Å²) in [7, 11) is 0. The minimum atomic E-state index is 0.194. The molecule has 5 nitrogen and oxygen atoms in total. The lowest BCUT2D eigenvalue weighted by atomic mass is 10.2. The van der Waals surface area contributed by atoms with E-state index in [4.69, 9.17) is 4.42 Å². The number of aromatic nitrogens is 3. The number of aromatic hydroxyl groups is 1. The van der Waals surface area contributed by atoms with Crippen molar-refractivity contribution < 1.29 is 9.52 Å². The summed E-state index contributed by atoms with van der Waals surface area (Å²) in [5.41, 5.74) is 2.26. The highest BCUT2D eigenvalue weighted by Crippen LogP contribution is 2.25. The lowest BCUT2D eigenvalue weighted by Gasteiger charge is -1.98. The lowest BCUT2D eigenvalue weighted by molar-refractivity contribution is 0.475. The van der Waals surface area contributed by atoms with Crippen LogP contribution in [-0.2, 0) is 0 Å². The van der Waals surface area contributed by atoms with Crippen LogP contribution in [-0.4, -0.2) is 20.3 Å². The Kier molecular flexibility index (Phi) is 2.83. The first-order valence-corrected chi connectivity index (χ1v) is 6.79. The fourth-order valence-corrected chi connectivity index (χ4v) is 2.23. The van der Waals surface area contributed by atoms with Crippen LogP contribution in [0.4, 0.5) is 0 Å².